The molecule has 0 unspecified atom stereocenters. The van der Waals surface area contributed by atoms with Crippen molar-refractivity contribution in [3.05, 3.63) is 63.0 Å². The molecule has 18 heavy (non-hydrogen) atoms. The number of benzene rings is 2. The molecular weight excluding hydrogens is 346 g/mol. The van der Waals surface area contributed by atoms with Crippen molar-refractivity contribution in [1.29, 1.82) is 0 Å². The quantitative estimate of drug-likeness (QED) is 0.620. The second-order valence-corrected chi connectivity index (χ2v) is 4.82. The molecule has 0 aromatic heterocycles. The highest BCUT2D eigenvalue weighted by Crippen LogP contribution is 2.21. The Kier molecular flexibility index (Phi) is 3.96. The Bertz CT molecular complexity index is 596. The van der Waals surface area contributed by atoms with E-state index in [4.69, 9.17) is 4.74 Å². The average molecular weight is 356 g/mol. The van der Waals surface area contributed by atoms with Crippen LogP contribution in [0.4, 0.5) is 4.39 Å². The van der Waals surface area contributed by atoms with Gasteiger partial charge in [-0.05, 0) is 52.9 Å². The minimum absolute atomic E-state index is 0.134. The van der Waals surface area contributed by atoms with Crippen molar-refractivity contribution in [2.24, 2.45) is 0 Å². The van der Waals surface area contributed by atoms with E-state index in [1.54, 1.807) is 18.2 Å². The molecule has 0 N–H and O–H groups in total. The van der Waals surface area contributed by atoms with Crippen LogP contribution in [-0.4, -0.2) is 12.9 Å². The topological polar surface area (TPSA) is 26.3 Å². The van der Waals surface area contributed by atoms with E-state index in [1.165, 1.54) is 19.2 Å². The predicted molar refractivity (Wildman–Crippen MR) is 75.5 cm³/mol. The molecule has 92 valence electrons. The van der Waals surface area contributed by atoms with Gasteiger partial charge in [0.15, 0.2) is 17.3 Å². The lowest BCUT2D eigenvalue weighted by molar-refractivity contribution is 0.103. The summed E-state index contributed by atoms with van der Waals surface area (Å²) in [5.41, 5.74) is 0.889. The van der Waals surface area contributed by atoms with Crippen LogP contribution in [0.2, 0.25) is 0 Å². The molecule has 0 heterocycles. The Morgan fingerprint density at radius 1 is 1.22 bits per heavy atom. The summed E-state index contributed by atoms with van der Waals surface area (Å²) in [6.07, 6.45) is 0. The molecule has 0 aliphatic carbocycles. The van der Waals surface area contributed by atoms with Gasteiger partial charge in [0.2, 0.25) is 0 Å². The van der Waals surface area contributed by atoms with Crippen LogP contribution in [-0.2, 0) is 0 Å². The van der Waals surface area contributed by atoms with Crippen LogP contribution in [0.1, 0.15) is 15.9 Å². The van der Waals surface area contributed by atoms with Crippen LogP contribution in [0, 0.1) is 9.39 Å². The fourth-order valence-corrected chi connectivity index (χ4v) is 2.24. The first-order valence-corrected chi connectivity index (χ1v) is 6.34. The van der Waals surface area contributed by atoms with Crippen molar-refractivity contribution in [3.8, 4) is 5.75 Å². The predicted octanol–water partition coefficient (Wildman–Crippen LogP) is 3.67. The van der Waals surface area contributed by atoms with E-state index in [-0.39, 0.29) is 11.5 Å². The number of methoxy groups -OCH3 is 1. The maximum atomic E-state index is 13.5. The molecule has 2 rings (SSSR count). The summed E-state index contributed by atoms with van der Waals surface area (Å²) in [6.45, 7) is 0. The molecule has 0 atom stereocenters. The summed E-state index contributed by atoms with van der Waals surface area (Å²) in [7, 11) is 1.39. The van der Waals surface area contributed by atoms with Crippen LogP contribution in [0.15, 0.2) is 42.5 Å². The number of ether oxygens (including phenoxy) is 1. The monoisotopic (exact) mass is 356 g/mol. The Morgan fingerprint density at radius 3 is 2.56 bits per heavy atom. The SMILES string of the molecule is COc1ccc(C(=O)c2ccccc2I)cc1F. The summed E-state index contributed by atoms with van der Waals surface area (Å²) in [6, 6.07) is 11.4. The summed E-state index contributed by atoms with van der Waals surface area (Å²) in [5.74, 6) is -0.592. The molecule has 0 spiro atoms. The number of halogens is 2. The summed E-state index contributed by atoms with van der Waals surface area (Å²) in [4.78, 5) is 12.2. The van der Waals surface area contributed by atoms with Crippen molar-refractivity contribution in [2.45, 2.75) is 0 Å². The van der Waals surface area contributed by atoms with E-state index in [2.05, 4.69) is 22.6 Å². The maximum absolute atomic E-state index is 13.5. The van der Waals surface area contributed by atoms with E-state index in [0.717, 1.165) is 3.57 Å². The Balaban J connectivity index is 2.41. The van der Waals surface area contributed by atoms with Gasteiger partial charge in [-0.3, -0.25) is 4.79 Å². The molecule has 2 aromatic rings. The molecule has 0 saturated heterocycles. The summed E-state index contributed by atoms with van der Waals surface area (Å²) >= 11 is 2.09. The van der Waals surface area contributed by atoms with Crippen LogP contribution < -0.4 is 4.74 Å². The zero-order valence-corrected chi connectivity index (χ0v) is 11.8. The molecule has 0 saturated carbocycles. The zero-order valence-electron chi connectivity index (χ0n) is 9.61. The zero-order chi connectivity index (χ0) is 13.1. The molecule has 2 nitrogen and oxygen atoms in total. The van der Waals surface area contributed by atoms with E-state index in [9.17, 15) is 9.18 Å². The molecule has 0 aliphatic rings. The number of ketones is 1. The van der Waals surface area contributed by atoms with Gasteiger partial charge in [-0.1, -0.05) is 12.1 Å². The smallest absolute Gasteiger partial charge is 0.194 e. The van der Waals surface area contributed by atoms with E-state index in [0.29, 0.717) is 11.1 Å². The first-order chi connectivity index (χ1) is 8.63. The highest BCUT2D eigenvalue weighted by Gasteiger charge is 2.14. The Morgan fingerprint density at radius 2 is 1.94 bits per heavy atom. The molecule has 0 radical (unpaired) electrons. The van der Waals surface area contributed by atoms with E-state index < -0.39 is 5.82 Å². The van der Waals surface area contributed by atoms with Gasteiger partial charge in [-0.2, -0.15) is 0 Å². The molecule has 0 aliphatic heterocycles. The normalized spacial score (nSPS) is 10.2. The number of hydrogen-bond donors (Lipinski definition) is 0. The van der Waals surface area contributed by atoms with Crippen LogP contribution in [0.3, 0.4) is 0 Å². The molecular formula is C14H10FIO2. The van der Waals surface area contributed by atoms with Crippen molar-refractivity contribution >= 4 is 28.4 Å². The second-order valence-electron chi connectivity index (χ2n) is 3.66. The van der Waals surface area contributed by atoms with Gasteiger partial charge in [-0.15, -0.1) is 0 Å². The largest absolute Gasteiger partial charge is 0.494 e. The third-order valence-electron chi connectivity index (χ3n) is 2.53. The summed E-state index contributed by atoms with van der Waals surface area (Å²) < 4.78 is 19.2. The van der Waals surface area contributed by atoms with Gasteiger partial charge in [-0.25, -0.2) is 4.39 Å². The van der Waals surface area contributed by atoms with Crippen molar-refractivity contribution in [3.63, 3.8) is 0 Å². The highest BCUT2D eigenvalue weighted by molar-refractivity contribution is 14.1. The third-order valence-corrected chi connectivity index (χ3v) is 3.47. The second kappa shape index (κ2) is 5.48. The lowest BCUT2D eigenvalue weighted by atomic mass is 10.0. The Labute approximate surface area is 118 Å². The van der Waals surface area contributed by atoms with Gasteiger partial charge < -0.3 is 4.74 Å². The van der Waals surface area contributed by atoms with E-state index in [1.807, 2.05) is 12.1 Å². The molecule has 0 fully saturated rings. The number of carbonyl (C=O) groups excluding carboxylic acids is 1. The minimum atomic E-state index is -0.533. The van der Waals surface area contributed by atoms with Crippen LogP contribution >= 0.6 is 22.6 Å². The average Bonchev–Trinajstić information content (AvgIpc) is 2.38. The van der Waals surface area contributed by atoms with Crippen LogP contribution in [0.25, 0.3) is 0 Å². The minimum Gasteiger partial charge on any atom is -0.494 e. The third kappa shape index (κ3) is 2.53. The number of hydrogen-bond acceptors (Lipinski definition) is 2. The molecule has 0 bridgehead atoms. The first kappa shape index (κ1) is 13.0. The van der Waals surface area contributed by atoms with Gasteiger partial charge in [0.05, 0.1) is 7.11 Å². The van der Waals surface area contributed by atoms with Crippen molar-refractivity contribution in [2.75, 3.05) is 7.11 Å². The molecule has 4 heteroatoms. The molecule has 2 aromatic carbocycles. The Hall–Kier alpha value is -1.43. The lowest BCUT2D eigenvalue weighted by Gasteiger charge is -2.06. The van der Waals surface area contributed by atoms with Crippen LogP contribution in [0.5, 0.6) is 5.75 Å². The number of carbonyl (C=O) groups is 1. The van der Waals surface area contributed by atoms with Gasteiger partial charge in [0, 0.05) is 14.7 Å². The standard InChI is InChI=1S/C14H10FIO2/c1-18-13-7-6-9(8-11(13)15)14(17)10-4-2-3-5-12(10)16/h2-8H,1H3. The maximum Gasteiger partial charge on any atom is 0.194 e. The first-order valence-electron chi connectivity index (χ1n) is 5.26. The lowest BCUT2D eigenvalue weighted by Crippen LogP contribution is -2.04. The molecule has 0 amide bonds. The summed E-state index contributed by atoms with van der Waals surface area (Å²) in [5, 5.41) is 0. The van der Waals surface area contributed by atoms with Crippen molar-refractivity contribution < 1.29 is 13.9 Å². The van der Waals surface area contributed by atoms with E-state index >= 15 is 0 Å². The highest BCUT2D eigenvalue weighted by atomic mass is 127. The fraction of sp³-hybridized carbons (Fsp3) is 0.0714. The van der Waals surface area contributed by atoms with Gasteiger partial charge in [0.25, 0.3) is 0 Å². The number of rotatable bonds is 3. The van der Waals surface area contributed by atoms with Crippen molar-refractivity contribution in [1.82, 2.24) is 0 Å². The fourth-order valence-electron chi connectivity index (χ4n) is 1.61. The van der Waals surface area contributed by atoms with Gasteiger partial charge in [0.1, 0.15) is 0 Å². The van der Waals surface area contributed by atoms with Gasteiger partial charge >= 0.3 is 0 Å².